The Kier molecular flexibility index (Phi) is 6.11. The molecular weight excluding hydrogens is 455 g/mol. The van der Waals surface area contributed by atoms with Gasteiger partial charge >= 0.3 is 12.2 Å². The van der Waals surface area contributed by atoms with Gasteiger partial charge in [0.1, 0.15) is 17.9 Å². The minimum atomic E-state index is -4.67. The van der Waals surface area contributed by atoms with E-state index in [0.29, 0.717) is 23.3 Å². The number of hydrogen-bond donors (Lipinski definition) is 2. The number of carbonyl (C=O) groups excluding carboxylic acids is 3. The molecular formula is C21H22F3N7O3. The summed E-state index contributed by atoms with van der Waals surface area (Å²) in [7, 11) is 1.36. The Morgan fingerprint density at radius 3 is 2.50 bits per heavy atom. The molecule has 3 N–H and O–H groups in total. The van der Waals surface area contributed by atoms with Gasteiger partial charge in [-0.15, -0.1) is 0 Å². The molecule has 1 saturated heterocycles. The Morgan fingerprint density at radius 2 is 1.91 bits per heavy atom. The Hall–Kier alpha value is -3.77. The van der Waals surface area contributed by atoms with E-state index in [1.807, 2.05) is 5.32 Å². The van der Waals surface area contributed by atoms with Crippen LogP contribution >= 0.6 is 0 Å². The standard InChI is InChI=1S/C21H22F3N7O3/c1-30(19-27-6-2-7-28-19)18(33)15-13(9-11-5-8-26-14(25)10-11)17(32)31(15)20(34)29-16(12-3-4-12)21(22,23)24/h2,5-8,10,12-13,15-16H,3-4,9H2,1H3,(H2,25,26)(H,29,34)/t13-,15+,16?/m1/s1. The largest absolute Gasteiger partial charge is 0.408 e. The average Bonchev–Trinajstić information content (AvgIpc) is 3.63. The number of nitrogens with one attached hydrogen (secondary N) is 1. The fourth-order valence-electron chi connectivity index (χ4n) is 3.99. The minimum Gasteiger partial charge on any atom is -0.384 e. The molecule has 3 heterocycles. The predicted molar refractivity (Wildman–Crippen MR) is 113 cm³/mol. The number of amides is 4. The smallest absolute Gasteiger partial charge is 0.384 e. The van der Waals surface area contributed by atoms with Crippen molar-refractivity contribution in [2.75, 3.05) is 17.7 Å². The van der Waals surface area contributed by atoms with Gasteiger partial charge < -0.3 is 11.1 Å². The van der Waals surface area contributed by atoms with Crippen LogP contribution in [0.3, 0.4) is 0 Å². The zero-order chi connectivity index (χ0) is 24.6. The van der Waals surface area contributed by atoms with Crippen LogP contribution in [0, 0.1) is 11.8 Å². The van der Waals surface area contributed by atoms with Crippen LogP contribution in [0.25, 0.3) is 0 Å². The van der Waals surface area contributed by atoms with Crippen LogP contribution in [0.5, 0.6) is 0 Å². The summed E-state index contributed by atoms with van der Waals surface area (Å²) in [5, 5.41) is 1.92. The van der Waals surface area contributed by atoms with Crippen molar-refractivity contribution in [2.45, 2.75) is 37.5 Å². The molecule has 2 aromatic heterocycles. The van der Waals surface area contributed by atoms with Crippen LogP contribution in [-0.2, 0) is 16.0 Å². The van der Waals surface area contributed by atoms with Gasteiger partial charge in [0.05, 0.1) is 5.92 Å². The maximum atomic E-state index is 13.4. The van der Waals surface area contributed by atoms with Gasteiger partial charge in [-0.2, -0.15) is 13.2 Å². The lowest BCUT2D eigenvalue weighted by atomic mass is 9.81. The number of aromatic nitrogens is 3. The number of likely N-dealkylation sites (tertiary alicyclic amines) is 1. The van der Waals surface area contributed by atoms with Crippen LogP contribution in [0.4, 0.5) is 29.7 Å². The van der Waals surface area contributed by atoms with Crippen molar-refractivity contribution in [2.24, 2.45) is 11.8 Å². The van der Waals surface area contributed by atoms with Gasteiger partial charge in [-0.05, 0) is 48.9 Å². The van der Waals surface area contributed by atoms with Gasteiger partial charge in [0.2, 0.25) is 11.9 Å². The number of nitrogen functional groups attached to an aromatic ring is 1. The SMILES string of the molecule is CN(C(=O)[C@@H]1[C@@H](Cc2ccnc(N)c2)C(=O)N1C(=O)NC(C1CC1)C(F)(F)F)c1ncccn1. The number of anilines is 2. The van der Waals surface area contributed by atoms with Gasteiger partial charge in [0.15, 0.2) is 0 Å². The van der Waals surface area contributed by atoms with Crippen molar-refractivity contribution < 1.29 is 27.6 Å². The van der Waals surface area contributed by atoms with E-state index in [0.717, 1.165) is 4.90 Å². The van der Waals surface area contributed by atoms with Gasteiger partial charge in [-0.3, -0.25) is 19.4 Å². The Morgan fingerprint density at radius 1 is 1.24 bits per heavy atom. The molecule has 10 nitrogen and oxygen atoms in total. The molecule has 2 fully saturated rings. The third kappa shape index (κ3) is 4.63. The van der Waals surface area contributed by atoms with E-state index in [1.54, 1.807) is 12.1 Å². The molecule has 34 heavy (non-hydrogen) atoms. The van der Waals surface area contributed by atoms with Crippen molar-refractivity contribution in [3.05, 3.63) is 42.4 Å². The topological polar surface area (TPSA) is 134 Å². The molecule has 2 aliphatic rings. The zero-order valence-electron chi connectivity index (χ0n) is 18.1. The van der Waals surface area contributed by atoms with E-state index in [2.05, 4.69) is 15.0 Å². The highest BCUT2D eigenvalue weighted by Gasteiger charge is 2.57. The lowest BCUT2D eigenvalue weighted by Gasteiger charge is -2.45. The predicted octanol–water partition coefficient (Wildman–Crippen LogP) is 1.54. The number of likely N-dealkylation sites (N-methyl/N-ethyl adjacent to an activating group) is 1. The highest BCUT2D eigenvalue weighted by atomic mass is 19.4. The molecule has 0 radical (unpaired) electrons. The summed E-state index contributed by atoms with van der Waals surface area (Å²) in [4.78, 5) is 52.5. The number of rotatable bonds is 6. The van der Waals surface area contributed by atoms with Crippen LogP contribution in [0.2, 0.25) is 0 Å². The highest BCUT2D eigenvalue weighted by molar-refractivity contribution is 6.12. The second-order valence-electron chi connectivity index (χ2n) is 8.30. The van der Waals surface area contributed by atoms with Crippen LogP contribution in [0.1, 0.15) is 18.4 Å². The second-order valence-corrected chi connectivity index (χ2v) is 8.30. The second kappa shape index (κ2) is 8.88. The molecule has 1 saturated carbocycles. The van der Waals surface area contributed by atoms with Crippen molar-refractivity contribution >= 4 is 29.6 Å². The third-order valence-corrected chi connectivity index (χ3v) is 5.89. The summed E-state index contributed by atoms with van der Waals surface area (Å²) < 4.78 is 40.3. The van der Waals surface area contributed by atoms with E-state index in [4.69, 9.17) is 5.73 Å². The quantitative estimate of drug-likeness (QED) is 0.603. The van der Waals surface area contributed by atoms with Crippen LogP contribution in [0.15, 0.2) is 36.8 Å². The van der Waals surface area contributed by atoms with Gasteiger partial charge in [0.25, 0.3) is 5.91 Å². The summed E-state index contributed by atoms with van der Waals surface area (Å²) in [6.45, 7) is 0. The van der Waals surface area contributed by atoms with Gasteiger partial charge in [-0.25, -0.2) is 19.7 Å². The first-order chi connectivity index (χ1) is 16.1. The Labute approximate surface area is 192 Å². The number of nitrogens with two attached hydrogens (primary N) is 1. The van der Waals surface area contributed by atoms with Crippen molar-refractivity contribution in [1.82, 2.24) is 25.2 Å². The maximum Gasteiger partial charge on any atom is 0.408 e. The molecule has 4 rings (SSSR count). The highest BCUT2D eigenvalue weighted by Crippen LogP contribution is 2.41. The monoisotopic (exact) mass is 477 g/mol. The fraction of sp³-hybridized carbons (Fsp3) is 0.429. The normalized spacial score (nSPS) is 20.9. The molecule has 0 bridgehead atoms. The van der Waals surface area contributed by atoms with Crippen molar-refractivity contribution in [3.8, 4) is 0 Å². The van der Waals surface area contributed by atoms with E-state index >= 15 is 0 Å². The molecule has 4 amide bonds. The molecule has 1 unspecified atom stereocenters. The lowest BCUT2D eigenvalue weighted by molar-refractivity contribution is -0.163. The zero-order valence-corrected chi connectivity index (χ0v) is 18.1. The van der Waals surface area contributed by atoms with Gasteiger partial charge in [-0.1, -0.05) is 0 Å². The van der Waals surface area contributed by atoms with E-state index in [1.165, 1.54) is 31.7 Å². The molecule has 0 spiro atoms. The molecule has 1 aliphatic heterocycles. The average molecular weight is 477 g/mol. The molecule has 0 aromatic carbocycles. The minimum absolute atomic E-state index is 0.0188. The first kappa shape index (κ1) is 23.4. The summed E-state index contributed by atoms with van der Waals surface area (Å²) >= 11 is 0. The number of halogens is 3. The number of imide groups is 1. The molecule has 180 valence electrons. The molecule has 3 atom stereocenters. The van der Waals surface area contributed by atoms with E-state index < -0.39 is 47.9 Å². The lowest BCUT2D eigenvalue weighted by Crippen LogP contribution is -2.71. The van der Waals surface area contributed by atoms with Gasteiger partial charge in [0, 0.05) is 25.6 Å². The van der Waals surface area contributed by atoms with E-state index in [-0.39, 0.29) is 18.2 Å². The van der Waals surface area contributed by atoms with E-state index in [9.17, 15) is 27.6 Å². The summed E-state index contributed by atoms with van der Waals surface area (Å²) in [5.74, 6) is -2.98. The molecule has 2 aromatic rings. The first-order valence-corrected chi connectivity index (χ1v) is 10.5. The van der Waals surface area contributed by atoms with Crippen molar-refractivity contribution in [3.63, 3.8) is 0 Å². The number of alkyl halides is 3. The Bertz CT molecular complexity index is 1090. The van der Waals surface area contributed by atoms with Crippen LogP contribution in [-0.4, -0.2) is 63.0 Å². The number of nitrogens with zero attached hydrogens (tertiary/aromatic N) is 5. The maximum absolute atomic E-state index is 13.4. The third-order valence-electron chi connectivity index (χ3n) is 5.89. The number of β-lactam (4-membered cyclic amide) rings is 1. The number of urea groups is 1. The van der Waals surface area contributed by atoms with Crippen LogP contribution < -0.4 is 16.0 Å². The summed E-state index contributed by atoms with van der Waals surface area (Å²) in [5.41, 5.74) is 6.27. The fourth-order valence-corrected chi connectivity index (χ4v) is 3.99. The first-order valence-electron chi connectivity index (χ1n) is 10.5. The summed E-state index contributed by atoms with van der Waals surface area (Å²) in [6.07, 6.45) is 0.255. The number of carbonyl (C=O) groups is 3. The molecule has 13 heteroatoms. The summed E-state index contributed by atoms with van der Waals surface area (Å²) in [6, 6.07) is -0.0220. The number of hydrogen-bond acceptors (Lipinski definition) is 7. The Balaban J connectivity index is 1.59. The number of pyridine rings is 1. The van der Waals surface area contributed by atoms with Crippen molar-refractivity contribution in [1.29, 1.82) is 0 Å². The molecule has 1 aliphatic carbocycles.